The zero-order valence-corrected chi connectivity index (χ0v) is 14.1. The quantitative estimate of drug-likeness (QED) is 0.326. The maximum absolute atomic E-state index is 11.4. The number of esters is 1. The van der Waals surface area contributed by atoms with Crippen LogP contribution in [-0.4, -0.2) is 42.1 Å². The highest BCUT2D eigenvalue weighted by Crippen LogP contribution is 2.25. The molecule has 1 rings (SSSR count). The van der Waals surface area contributed by atoms with Gasteiger partial charge in [-0.05, 0) is 25.8 Å². The van der Waals surface area contributed by atoms with Gasteiger partial charge in [-0.2, -0.15) is 0 Å². The third-order valence-corrected chi connectivity index (χ3v) is 3.25. The van der Waals surface area contributed by atoms with Crippen LogP contribution in [0.3, 0.4) is 0 Å². The van der Waals surface area contributed by atoms with E-state index in [-0.39, 0.29) is 5.97 Å². The first-order valence-corrected chi connectivity index (χ1v) is 7.72. The number of hydrogen-bond donors (Lipinski definition) is 2. The molecule has 126 valence electrons. The van der Waals surface area contributed by atoms with Crippen molar-refractivity contribution >= 4 is 11.8 Å². The Kier molecular flexibility index (Phi) is 8.01. The van der Waals surface area contributed by atoms with Gasteiger partial charge in [0.05, 0.1) is 19.0 Å². The lowest BCUT2D eigenvalue weighted by molar-refractivity contribution is -0.137. The Morgan fingerprint density at radius 3 is 2.87 bits per heavy atom. The fraction of sp³-hybridized carbons (Fsp3) is 0.412. The molecule has 0 bridgehead atoms. The number of hydrazine groups is 1. The minimum Gasteiger partial charge on any atom is -0.463 e. The van der Waals surface area contributed by atoms with Crippen molar-refractivity contribution in [2.75, 3.05) is 20.3 Å². The van der Waals surface area contributed by atoms with Crippen molar-refractivity contribution in [2.45, 2.75) is 26.7 Å². The molecule has 3 N–H and O–H groups in total. The van der Waals surface area contributed by atoms with Crippen molar-refractivity contribution in [3.63, 3.8) is 0 Å². The third kappa shape index (κ3) is 5.50. The molecule has 23 heavy (non-hydrogen) atoms. The molecule has 0 amide bonds. The molecule has 0 unspecified atom stereocenters. The molecule has 0 spiro atoms. The van der Waals surface area contributed by atoms with Crippen molar-refractivity contribution in [3.8, 4) is 0 Å². The summed E-state index contributed by atoms with van der Waals surface area (Å²) in [5.41, 5.74) is 7.51. The van der Waals surface area contributed by atoms with Crippen molar-refractivity contribution in [1.29, 1.82) is 5.41 Å². The van der Waals surface area contributed by atoms with E-state index in [9.17, 15) is 4.79 Å². The first-order chi connectivity index (χ1) is 11.0. The molecule has 0 atom stereocenters. The highest BCUT2D eigenvalue weighted by molar-refractivity contribution is 5.83. The average Bonchev–Trinajstić information content (AvgIpc) is 2.53. The predicted molar refractivity (Wildman–Crippen MR) is 92.4 cm³/mol. The number of carbonyl (C=O) groups excluding carboxylic acids is 1. The van der Waals surface area contributed by atoms with E-state index in [1.807, 2.05) is 32.2 Å². The van der Waals surface area contributed by atoms with E-state index >= 15 is 0 Å². The van der Waals surface area contributed by atoms with Crippen LogP contribution in [0.2, 0.25) is 0 Å². The summed E-state index contributed by atoms with van der Waals surface area (Å²) < 4.78 is 4.87. The monoisotopic (exact) mass is 318 g/mol. The van der Waals surface area contributed by atoms with Crippen molar-refractivity contribution < 1.29 is 9.53 Å². The normalized spacial score (nSPS) is 16.6. The fourth-order valence-electron chi connectivity index (χ4n) is 2.22. The van der Waals surface area contributed by atoms with E-state index in [0.717, 1.165) is 17.7 Å². The van der Waals surface area contributed by atoms with Gasteiger partial charge in [0, 0.05) is 19.5 Å². The zero-order chi connectivity index (χ0) is 17.2. The van der Waals surface area contributed by atoms with Gasteiger partial charge in [0.25, 0.3) is 0 Å². The number of carbonyl (C=O) groups is 1. The van der Waals surface area contributed by atoms with E-state index in [0.29, 0.717) is 25.5 Å². The first kappa shape index (κ1) is 18.9. The van der Waals surface area contributed by atoms with E-state index < -0.39 is 0 Å². The largest absolute Gasteiger partial charge is 0.463 e. The minimum atomic E-state index is -0.370. The van der Waals surface area contributed by atoms with Crippen molar-refractivity contribution in [1.82, 2.24) is 10.0 Å². The standard InChI is InChI=1S/C17H26N4O2/c1-4-8-14(9-6-12-17(22)23-5-2)15-10-7-11-16(19)21(15)20(3)13-18/h4,6,8-10,12,19H,5,7,11,13,18H2,1-3H3. The highest BCUT2D eigenvalue weighted by atomic mass is 16.5. The molecule has 0 saturated heterocycles. The number of allylic oxidation sites excluding steroid dienone is 5. The molecule has 0 radical (unpaired) electrons. The van der Waals surface area contributed by atoms with E-state index in [1.54, 1.807) is 23.0 Å². The van der Waals surface area contributed by atoms with Crippen LogP contribution in [0.4, 0.5) is 0 Å². The Hall–Kier alpha value is -2.18. The van der Waals surface area contributed by atoms with Gasteiger partial charge in [0.2, 0.25) is 0 Å². The minimum absolute atomic E-state index is 0.307. The maximum atomic E-state index is 11.4. The summed E-state index contributed by atoms with van der Waals surface area (Å²) in [4.78, 5) is 11.4. The first-order valence-electron chi connectivity index (χ1n) is 7.72. The maximum Gasteiger partial charge on any atom is 0.330 e. The third-order valence-electron chi connectivity index (χ3n) is 3.25. The number of amidine groups is 1. The Balaban J connectivity index is 3.09. The van der Waals surface area contributed by atoms with Gasteiger partial charge in [-0.3, -0.25) is 10.4 Å². The van der Waals surface area contributed by atoms with Gasteiger partial charge in [-0.15, -0.1) is 0 Å². The predicted octanol–water partition coefficient (Wildman–Crippen LogP) is 2.33. The smallest absolute Gasteiger partial charge is 0.330 e. The zero-order valence-electron chi connectivity index (χ0n) is 14.1. The summed E-state index contributed by atoms with van der Waals surface area (Å²) in [7, 11) is 1.84. The van der Waals surface area contributed by atoms with Crippen LogP contribution in [0, 0.1) is 5.41 Å². The van der Waals surface area contributed by atoms with Crippen LogP contribution in [0.15, 0.2) is 47.7 Å². The van der Waals surface area contributed by atoms with Gasteiger partial charge in [-0.25, -0.2) is 9.80 Å². The van der Waals surface area contributed by atoms with E-state index in [1.165, 1.54) is 6.08 Å². The molecule has 1 aliphatic heterocycles. The highest BCUT2D eigenvalue weighted by Gasteiger charge is 2.23. The second-order valence-electron chi connectivity index (χ2n) is 4.96. The molecule has 0 aromatic heterocycles. The summed E-state index contributed by atoms with van der Waals surface area (Å²) in [6, 6.07) is 0. The van der Waals surface area contributed by atoms with Gasteiger partial charge in [0.1, 0.15) is 5.84 Å². The molecule has 0 aliphatic carbocycles. The van der Waals surface area contributed by atoms with Gasteiger partial charge < -0.3 is 10.5 Å². The fourth-order valence-corrected chi connectivity index (χ4v) is 2.22. The Bertz CT molecular complexity index is 547. The molecule has 0 aromatic rings. The molecular weight excluding hydrogens is 292 g/mol. The summed E-state index contributed by atoms with van der Waals surface area (Å²) in [6.07, 6.45) is 12.3. The van der Waals surface area contributed by atoms with Crippen molar-refractivity contribution in [3.05, 3.63) is 47.7 Å². The topological polar surface area (TPSA) is 82.7 Å². The van der Waals surface area contributed by atoms with Crippen molar-refractivity contribution in [2.24, 2.45) is 5.73 Å². The van der Waals surface area contributed by atoms with Gasteiger partial charge in [0.15, 0.2) is 0 Å². The Morgan fingerprint density at radius 1 is 1.52 bits per heavy atom. The lowest BCUT2D eigenvalue weighted by Crippen LogP contribution is -2.47. The molecular formula is C17H26N4O2. The number of ether oxygens (including phenoxy) is 1. The van der Waals surface area contributed by atoms with E-state index in [2.05, 4.69) is 6.08 Å². The lowest BCUT2D eigenvalue weighted by Gasteiger charge is -2.37. The lowest BCUT2D eigenvalue weighted by atomic mass is 10.0. The Labute approximate surface area is 138 Å². The van der Waals surface area contributed by atoms with Gasteiger partial charge >= 0.3 is 5.97 Å². The van der Waals surface area contributed by atoms with Crippen LogP contribution < -0.4 is 5.73 Å². The van der Waals surface area contributed by atoms with E-state index in [4.69, 9.17) is 15.9 Å². The number of nitrogens with one attached hydrogen (secondary N) is 1. The van der Waals surface area contributed by atoms with Crippen LogP contribution in [0.1, 0.15) is 26.7 Å². The molecule has 1 aliphatic rings. The summed E-state index contributed by atoms with van der Waals surface area (Å²) in [6.45, 7) is 4.36. The SMILES string of the molecule is CC=CC(=CC=CC(=O)OCC)C1=CCCC(=N)N1N(C)CN. The number of nitrogens with two attached hydrogens (primary N) is 1. The summed E-state index contributed by atoms with van der Waals surface area (Å²) in [5.74, 6) is 0.130. The van der Waals surface area contributed by atoms with Crippen LogP contribution >= 0.6 is 0 Å². The van der Waals surface area contributed by atoms with Crippen LogP contribution in [0.5, 0.6) is 0 Å². The Morgan fingerprint density at radius 2 is 2.26 bits per heavy atom. The van der Waals surface area contributed by atoms with Crippen LogP contribution in [0.25, 0.3) is 0 Å². The second-order valence-corrected chi connectivity index (χ2v) is 4.96. The second kappa shape index (κ2) is 9.76. The molecule has 6 heteroatoms. The molecule has 0 saturated carbocycles. The molecule has 1 heterocycles. The number of nitrogens with zero attached hydrogens (tertiary/aromatic N) is 2. The molecule has 6 nitrogen and oxygen atoms in total. The summed E-state index contributed by atoms with van der Waals surface area (Å²) in [5, 5.41) is 11.8. The number of rotatable bonds is 7. The molecule has 0 fully saturated rings. The molecule has 0 aromatic carbocycles. The average molecular weight is 318 g/mol. The summed E-state index contributed by atoms with van der Waals surface area (Å²) >= 11 is 0. The number of hydrogen-bond acceptors (Lipinski definition) is 5. The van der Waals surface area contributed by atoms with Gasteiger partial charge in [-0.1, -0.05) is 30.4 Å². The van der Waals surface area contributed by atoms with Crippen LogP contribution in [-0.2, 0) is 9.53 Å².